The molecule has 0 radical (unpaired) electrons. The number of nitrogens with two attached hydrogens (primary N) is 2. The minimum atomic E-state index is -1.67. The first-order chi connectivity index (χ1) is 33.6. The molecular formula is C45H68N10O14S2. The van der Waals surface area contributed by atoms with Crippen LogP contribution in [0.1, 0.15) is 85.1 Å². The number of aliphatic hydroxyl groups is 1. The van der Waals surface area contributed by atoms with E-state index >= 15 is 0 Å². The average Bonchev–Trinajstić information content (AvgIpc) is 3.92. The van der Waals surface area contributed by atoms with Gasteiger partial charge in [-0.1, -0.05) is 54.0 Å². The third kappa shape index (κ3) is 18.3. The summed E-state index contributed by atoms with van der Waals surface area (Å²) in [5.41, 5.74) is 11.5. The summed E-state index contributed by atoms with van der Waals surface area (Å²) in [4.78, 5) is 147. The zero-order chi connectivity index (χ0) is 52.9. The van der Waals surface area contributed by atoms with Gasteiger partial charge in [-0.25, -0.2) is 0 Å². The van der Waals surface area contributed by atoms with Crippen molar-refractivity contribution in [2.75, 3.05) is 37.7 Å². The van der Waals surface area contributed by atoms with Gasteiger partial charge >= 0.3 is 0 Å². The maximum absolute atomic E-state index is 14.6. The van der Waals surface area contributed by atoms with Gasteiger partial charge in [-0.05, 0) is 69.7 Å². The fourth-order valence-electron chi connectivity index (χ4n) is 7.77. The largest absolute Gasteiger partial charge is 0.494 e. The van der Waals surface area contributed by atoms with Crippen molar-refractivity contribution < 1.29 is 67.7 Å². The summed E-state index contributed by atoms with van der Waals surface area (Å²) in [6.45, 7) is 7.87. The van der Waals surface area contributed by atoms with Gasteiger partial charge in [-0.3, -0.25) is 57.6 Å². The lowest BCUT2D eigenvalue weighted by atomic mass is 9.96. The number of ether oxygens (including phenoxy) is 1. The molecule has 10 amide bonds. The van der Waals surface area contributed by atoms with Crippen LogP contribution in [0.25, 0.3) is 0 Å². The molecule has 0 aromatic heterocycles. The molecule has 71 heavy (non-hydrogen) atoms. The summed E-state index contributed by atoms with van der Waals surface area (Å²) in [5.74, 6) is -8.50. The van der Waals surface area contributed by atoms with Crippen LogP contribution in [0.2, 0.25) is 0 Å². The molecule has 0 unspecified atom stereocenters. The molecule has 3 saturated heterocycles. The number of rotatable bonds is 16. The quantitative estimate of drug-likeness (QED) is 0.0621. The van der Waals surface area contributed by atoms with Crippen LogP contribution in [0, 0.1) is 5.92 Å². The van der Waals surface area contributed by atoms with Gasteiger partial charge in [0.25, 0.3) is 11.9 Å². The van der Waals surface area contributed by atoms with Crippen molar-refractivity contribution in [1.82, 2.24) is 41.7 Å². The van der Waals surface area contributed by atoms with Crippen LogP contribution < -0.4 is 48.1 Å². The lowest BCUT2D eigenvalue weighted by Gasteiger charge is -2.32. The minimum Gasteiger partial charge on any atom is -0.494 e. The summed E-state index contributed by atoms with van der Waals surface area (Å²) < 4.78 is 5.54. The van der Waals surface area contributed by atoms with Gasteiger partial charge in [0, 0.05) is 37.8 Å². The molecule has 3 fully saturated rings. The van der Waals surface area contributed by atoms with Crippen LogP contribution in [-0.2, 0) is 59.2 Å². The van der Waals surface area contributed by atoms with E-state index < -0.39 is 132 Å². The van der Waals surface area contributed by atoms with Crippen LogP contribution in [-0.4, -0.2) is 171 Å². The van der Waals surface area contributed by atoms with Gasteiger partial charge in [-0.2, -0.15) is 0 Å². The van der Waals surface area contributed by atoms with Gasteiger partial charge in [-0.15, -0.1) is 0 Å². The minimum absolute atomic E-state index is 0.0366. The number of fused-ring (bicyclic) bond motifs is 2. The SMILES string of the molecule is CC(=O)O.CCOc1ccc(C[C@H]2NC(=O)CCSSC[C@@H](C(=O)N3CCC[C@H]3C(=O)N[C@@H](CCCN)C(=O)NCC(N)=O)N3C(=O)C[C@@H](NC(=O)[C@H]([C@@H](C)O)NC(=O)[C@H]([C@@H](C)CC)NC2=O)C3=O)cc1. The standard InChI is InChI=1S/C43H64N10O12S2.C2H4O2/c1-5-23(3)35-40(61)51-36(24(4)54)41(62)49-29-20-34(57)53(42(29)63)31(43(64)52-17-8-10-30(52)39(60)48-27(9-7-16-44)37(58)46-21-32(45)55)22-67-66-18-15-33(56)47-28(38(59)50-35)19-25-11-13-26(14-12-25)65-6-2;1-2(3)4/h11-14,23-24,27-31,35-36,54H,5-10,15-22,44H2,1-4H3,(H2,45,55)(H,46,58)(H,47,56)(H,48,60)(H,49,62)(H,50,59)(H,51,61);1H3,(H,3,4)/t23-,24+,27-,28+,29+,30-,31-,35-,36-;/m0./s1. The number of hydrogen-bond donors (Lipinski definition) is 10. The van der Waals surface area contributed by atoms with Crippen molar-refractivity contribution in [3.63, 3.8) is 0 Å². The predicted molar refractivity (Wildman–Crippen MR) is 260 cm³/mol. The number of carboxylic acids is 1. The Labute approximate surface area is 419 Å². The molecule has 3 heterocycles. The number of aliphatic hydroxyl groups excluding tert-OH is 1. The fraction of sp³-hybridized carbons (Fsp3) is 0.622. The lowest BCUT2D eigenvalue weighted by Crippen LogP contribution is -2.61. The second-order valence-corrected chi connectivity index (χ2v) is 19.8. The highest BCUT2D eigenvalue weighted by Gasteiger charge is 2.49. The number of carboxylic acid groups (broad SMARTS) is 1. The summed E-state index contributed by atoms with van der Waals surface area (Å²) in [5, 5.41) is 33.6. The molecule has 12 N–H and O–H groups in total. The Balaban J connectivity index is 0.00000320. The third-order valence-corrected chi connectivity index (χ3v) is 14.0. The number of carbonyl (C=O) groups is 11. The summed E-state index contributed by atoms with van der Waals surface area (Å²) in [6.07, 6.45) is -0.784. The van der Waals surface area contributed by atoms with E-state index in [0.29, 0.717) is 37.2 Å². The number of benzene rings is 1. The molecule has 1 aromatic carbocycles. The molecule has 24 nitrogen and oxygen atoms in total. The van der Waals surface area contributed by atoms with Crippen LogP contribution in [0.5, 0.6) is 5.75 Å². The Bertz CT molecular complexity index is 2080. The number of nitrogens with zero attached hydrogens (tertiary/aromatic N) is 2. The van der Waals surface area contributed by atoms with Crippen molar-refractivity contribution >= 4 is 86.6 Å². The Morgan fingerprint density at radius 3 is 2.17 bits per heavy atom. The third-order valence-electron chi connectivity index (χ3n) is 11.6. The lowest BCUT2D eigenvalue weighted by molar-refractivity contribution is -0.151. The number of imide groups is 1. The second kappa shape index (κ2) is 29.4. The van der Waals surface area contributed by atoms with Gasteiger partial charge in [0.1, 0.15) is 48.0 Å². The molecule has 0 aliphatic carbocycles. The Kier molecular flexibility index (Phi) is 24.5. The molecule has 4 rings (SSSR count). The van der Waals surface area contributed by atoms with E-state index in [0.717, 1.165) is 33.4 Å². The molecule has 2 bridgehead atoms. The number of hydrogen-bond acceptors (Lipinski definition) is 16. The van der Waals surface area contributed by atoms with E-state index in [4.69, 9.17) is 26.1 Å². The highest BCUT2D eigenvalue weighted by Crippen LogP contribution is 2.30. The van der Waals surface area contributed by atoms with E-state index in [1.54, 1.807) is 38.1 Å². The highest BCUT2D eigenvalue weighted by atomic mass is 33.1. The maximum Gasteiger partial charge on any atom is 0.300 e. The zero-order valence-corrected chi connectivity index (χ0v) is 42.2. The van der Waals surface area contributed by atoms with E-state index in [1.165, 1.54) is 11.8 Å². The second-order valence-electron chi connectivity index (χ2n) is 17.1. The first kappa shape index (κ1) is 59.3. The van der Waals surface area contributed by atoms with Crippen molar-refractivity contribution in [2.45, 2.75) is 134 Å². The number of likely N-dealkylation sites (tertiary alicyclic amines) is 1. The van der Waals surface area contributed by atoms with Gasteiger partial charge < -0.3 is 63.2 Å². The van der Waals surface area contributed by atoms with E-state index in [2.05, 4.69) is 31.9 Å². The normalized spacial score (nSPS) is 23.8. The van der Waals surface area contributed by atoms with Crippen molar-refractivity contribution in [2.24, 2.45) is 17.4 Å². The molecule has 3 aliphatic rings. The molecule has 0 saturated carbocycles. The summed E-state index contributed by atoms with van der Waals surface area (Å²) in [6, 6.07) is -2.36. The molecule has 1 aromatic rings. The highest BCUT2D eigenvalue weighted by molar-refractivity contribution is 8.76. The molecule has 394 valence electrons. The number of carbonyl (C=O) groups excluding carboxylic acids is 10. The number of primary amides is 1. The van der Waals surface area contributed by atoms with E-state index in [1.807, 2.05) is 6.92 Å². The number of aliphatic carboxylic acids is 1. The first-order valence-corrected chi connectivity index (χ1v) is 25.9. The topological polar surface area (TPSA) is 368 Å². The summed E-state index contributed by atoms with van der Waals surface area (Å²) >= 11 is 0. The van der Waals surface area contributed by atoms with E-state index in [9.17, 15) is 53.1 Å². The molecular weight excluding hydrogens is 969 g/mol. The molecule has 0 spiro atoms. The monoisotopic (exact) mass is 1040 g/mol. The summed E-state index contributed by atoms with van der Waals surface area (Å²) in [7, 11) is 2.24. The number of nitrogens with one attached hydrogen (secondary N) is 6. The number of amides is 10. The predicted octanol–water partition coefficient (Wildman–Crippen LogP) is -2.19. The van der Waals surface area contributed by atoms with Gasteiger partial charge in [0.15, 0.2) is 0 Å². The van der Waals surface area contributed by atoms with Gasteiger partial charge in [0.05, 0.1) is 25.7 Å². The molecule has 9 atom stereocenters. The first-order valence-electron chi connectivity index (χ1n) is 23.4. The fourth-order valence-corrected chi connectivity index (χ4v) is 9.95. The van der Waals surface area contributed by atoms with Crippen LogP contribution in [0.4, 0.5) is 0 Å². The average molecular weight is 1040 g/mol. The zero-order valence-electron chi connectivity index (χ0n) is 40.6. The Morgan fingerprint density at radius 1 is 0.915 bits per heavy atom. The van der Waals surface area contributed by atoms with Crippen molar-refractivity contribution in [3.05, 3.63) is 29.8 Å². The molecule has 26 heteroatoms. The van der Waals surface area contributed by atoms with Crippen LogP contribution >= 0.6 is 21.6 Å². The van der Waals surface area contributed by atoms with Crippen LogP contribution in [0.3, 0.4) is 0 Å². The van der Waals surface area contributed by atoms with Gasteiger partial charge in [0.2, 0.25) is 53.2 Å². The van der Waals surface area contributed by atoms with E-state index in [-0.39, 0.29) is 50.3 Å². The Morgan fingerprint density at radius 2 is 1.56 bits per heavy atom. The van der Waals surface area contributed by atoms with Crippen LogP contribution in [0.15, 0.2) is 24.3 Å². The molecule has 3 aliphatic heterocycles. The van der Waals surface area contributed by atoms with Crippen molar-refractivity contribution in [3.8, 4) is 5.75 Å². The Hall–Kier alpha value is -5.99. The smallest absolute Gasteiger partial charge is 0.300 e. The maximum atomic E-state index is 14.6. The van der Waals surface area contributed by atoms with Crippen molar-refractivity contribution in [1.29, 1.82) is 0 Å².